The summed E-state index contributed by atoms with van der Waals surface area (Å²) in [5, 5.41) is 3.51. The number of nitrogens with zero attached hydrogens (tertiary/aromatic N) is 4. The molecular weight excluding hydrogens is 473 g/mol. The van der Waals surface area contributed by atoms with Crippen molar-refractivity contribution in [1.82, 2.24) is 15.0 Å². The number of pyridine rings is 1. The molecule has 3 aromatic rings. The molecule has 7 nitrogen and oxygen atoms in total. The Labute approximate surface area is 198 Å². The van der Waals surface area contributed by atoms with Crippen molar-refractivity contribution in [3.8, 4) is 5.88 Å². The molecule has 0 radical (unpaired) electrons. The van der Waals surface area contributed by atoms with Crippen LogP contribution in [0.4, 0.5) is 33.5 Å². The standard InChI is InChI=1S/C23H24F5N5O2/c1-12(14-4-3-5-15(19(14)26)20(27)28)29-21-16-10-17(33-6-8-34-9-7-33)23(35-11-18(24)25)32-22(16)31-13(2)30-21/h3-5,10,12,18,20H,6-9,11H2,1-2H3,(H,29,30,31,32)/t12-/m1/s1. The molecule has 188 valence electrons. The fraction of sp³-hybridized carbons (Fsp3) is 0.435. The first-order valence-electron chi connectivity index (χ1n) is 11.0. The molecule has 4 rings (SSSR count). The Morgan fingerprint density at radius 2 is 1.80 bits per heavy atom. The lowest BCUT2D eigenvalue weighted by atomic mass is 10.0. The van der Waals surface area contributed by atoms with Crippen molar-refractivity contribution >= 4 is 22.5 Å². The van der Waals surface area contributed by atoms with E-state index in [1.165, 1.54) is 12.1 Å². The number of nitrogens with one attached hydrogen (secondary N) is 1. The Morgan fingerprint density at radius 3 is 2.49 bits per heavy atom. The van der Waals surface area contributed by atoms with Crippen molar-refractivity contribution in [2.24, 2.45) is 0 Å². The zero-order valence-corrected chi connectivity index (χ0v) is 19.1. The third-order valence-electron chi connectivity index (χ3n) is 5.56. The van der Waals surface area contributed by atoms with Crippen LogP contribution in [0.25, 0.3) is 11.0 Å². The molecular formula is C23H24F5N5O2. The lowest BCUT2D eigenvalue weighted by molar-refractivity contribution is 0.0794. The van der Waals surface area contributed by atoms with E-state index in [2.05, 4.69) is 20.3 Å². The number of aryl methyl sites for hydroxylation is 1. The maximum absolute atomic E-state index is 14.7. The largest absolute Gasteiger partial charge is 0.470 e. The molecule has 1 fully saturated rings. The molecule has 1 N–H and O–H groups in total. The Bertz CT molecular complexity index is 1190. The molecule has 0 unspecified atom stereocenters. The van der Waals surface area contributed by atoms with E-state index in [-0.39, 0.29) is 17.1 Å². The number of alkyl halides is 4. The molecule has 0 aliphatic carbocycles. The summed E-state index contributed by atoms with van der Waals surface area (Å²) in [5.74, 6) is -0.371. The zero-order chi connectivity index (χ0) is 25.1. The van der Waals surface area contributed by atoms with Crippen molar-refractivity contribution in [3.63, 3.8) is 0 Å². The van der Waals surface area contributed by atoms with Crippen LogP contribution in [0, 0.1) is 12.7 Å². The molecule has 35 heavy (non-hydrogen) atoms. The Kier molecular flexibility index (Phi) is 7.48. The Morgan fingerprint density at radius 1 is 1.09 bits per heavy atom. The summed E-state index contributed by atoms with van der Waals surface area (Å²) in [6.07, 6.45) is -5.63. The second-order valence-corrected chi connectivity index (χ2v) is 8.02. The van der Waals surface area contributed by atoms with Crippen molar-refractivity contribution in [3.05, 3.63) is 47.0 Å². The number of morpholine rings is 1. The number of hydrogen-bond acceptors (Lipinski definition) is 7. The second kappa shape index (κ2) is 10.5. The van der Waals surface area contributed by atoms with Crippen LogP contribution in [0.3, 0.4) is 0 Å². The summed E-state index contributed by atoms with van der Waals surface area (Å²) in [5.41, 5.74) is 0.0215. The van der Waals surface area contributed by atoms with Gasteiger partial charge in [-0.05, 0) is 19.9 Å². The van der Waals surface area contributed by atoms with Gasteiger partial charge in [0.25, 0.3) is 12.9 Å². The van der Waals surface area contributed by atoms with Gasteiger partial charge in [-0.1, -0.05) is 18.2 Å². The number of benzene rings is 1. The lowest BCUT2D eigenvalue weighted by Gasteiger charge is -2.30. The highest BCUT2D eigenvalue weighted by molar-refractivity contribution is 5.90. The van der Waals surface area contributed by atoms with E-state index in [9.17, 15) is 22.0 Å². The molecule has 2 aromatic heterocycles. The first-order chi connectivity index (χ1) is 16.7. The maximum atomic E-state index is 14.7. The monoisotopic (exact) mass is 497 g/mol. The predicted molar refractivity (Wildman–Crippen MR) is 120 cm³/mol. The number of halogens is 5. The van der Waals surface area contributed by atoms with Crippen molar-refractivity contribution in [2.45, 2.75) is 32.7 Å². The van der Waals surface area contributed by atoms with Gasteiger partial charge in [-0.25, -0.2) is 31.9 Å². The quantitative estimate of drug-likeness (QED) is 0.436. The summed E-state index contributed by atoms with van der Waals surface area (Å²) < 4.78 is 77.4. The van der Waals surface area contributed by atoms with Gasteiger partial charge in [0.05, 0.1) is 30.2 Å². The SMILES string of the molecule is Cc1nc(N[C@H](C)c2cccc(C(F)F)c2F)c2cc(N3CCOCC3)c(OCC(F)F)nc2n1. The third kappa shape index (κ3) is 5.53. The van der Waals surface area contributed by atoms with Crippen LogP contribution in [-0.4, -0.2) is 54.3 Å². The summed E-state index contributed by atoms with van der Waals surface area (Å²) >= 11 is 0. The van der Waals surface area contributed by atoms with E-state index in [1.54, 1.807) is 19.9 Å². The van der Waals surface area contributed by atoms with Crippen LogP contribution >= 0.6 is 0 Å². The maximum Gasteiger partial charge on any atom is 0.272 e. The van der Waals surface area contributed by atoms with Crippen LogP contribution in [0.5, 0.6) is 5.88 Å². The van der Waals surface area contributed by atoms with Gasteiger partial charge in [0, 0.05) is 18.7 Å². The molecule has 1 aliphatic rings. The Balaban J connectivity index is 1.76. The highest BCUT2D eigenvalue weighted by Gasteiger charge is 2.23. The number of rotatable bonds is 8. The summed E-state index contributed by atoms with van der Waals surface area (Å²) in [6.45, 7) is 4.28. The van der Waals surface area contributed by atoms with Crippen LogP contribution in [0.1, 0.15) is 36.3 Å². The van der Waals surface area contributed by atoms with Crippen molar-refractivity contribution < 1.29 is 31.4 Å². The number of aromatic nitrogens is 3. The van der Waals surface area contributed by atoms with E-state index >= 15 is 0 Å². The smallest absolute Gasteiger partial charge is 0.272 e. The summed E-state index contributed by atoms with van der Waals surface area (Å²) in [6, 6.07) is 4.77. The average Bonchev–Trinajstić information content (AvgIpc) is 2.82. The predicted octanol–water partition coefficient (Wildman–Crippen LogP) is 5.06. The summed E-state index contributed by atoms with van der Waals surface area (Å²) in [4.78, 5) is 15.0. The third-order valence-corrected chi connectivity index (χ3v) is 5.56. The molecule has 0 saturated carbocycles. The van der Waals surface area contributed by atoms with Crippen molar-refractivity contribution in [2.75, 3.05) is 43.1 Å². The second-order valence-electron chi connectivity index (χ2n) is 8.02. The van der Waals surface area contributed by atoms with Crippen LogP contribution in [0.15, 0.2) is 24.3 Å². The minimum Gasteiger partial charge on any atom is -0.470 e. The number of hydrogen-bond donors (Lipinski definition) is 1. The molecule has 1 aliphatic heterocycles. The zero-order valence-electron chi connectivity index (χ0n) is 19.1. The van der Waals surface area contributed by atoms with Crippen LogP contribution in [0.2, 0.25) is 0 Å². The van der Waals surface area contributed by atoms with Crippen LogP contribution < -0.4 is 15.0 Å². The van der Waals surface area contributed by atoms with Gasteiger partial charge in [0.2, 0.25) is 5.88 Å². The minimum atomic E-state index is -2.95. The highest BCUT2D eigenvalue weighted by atomic mass is 19.3. The van der Waals surface area contributed by atoms with E-state index in [1.807, 2.05) is 4.90 Å². The van der Waals surface area contributed by atoms with Gasteiger partial charge >= 0.3 is 0 Å². The van der Waals surface area contributed by atoms with Crippen molar-refractivity contribution in [1.29, 1.82) is 0 Å². The van der Waals surface area contributed by atoms with Gasteiger partial charge < -0.3 is 19.7 Å². The molecule has 1 atom stereocenters. The fourth-order valence-electron chi connectivity index (χ4n) is 3.88. The first-order valence-corrected chi connectivity index (χ1v) is 11.0. The number of fused-ring (bicyclic) bond motifs is 1. The molecule has 3 heterocycles. The lowest BCUT2D eigenvalue weighted by Crippen LogP contribution is -2.36. The van der Waals surface area contributed by atoms with Gasteiger partial charge in [-0.15, -0.1) is 0 Å². The normalized spacial score (nSPS) is 15.2. The van der Waals surface area contributed by atoms with Crippen LogP contribution in [-0.2, 0) is 4.74 Å². The molecule has 1 saturated heterocycles. The van der Waals surface area contributed by atoms with E-state index in [0.717, 1.165) is 6.07 Å². The van der Waals surface area contributed by atoms with E-state index in [0.29, 0.717) is 49.0 Å². The van der Waals surface area contributed by atoms with Gasteiger partial charge in [-0.3, -0.25) is 0 Å². The van der Waals surface area contributed by atoms with Gasteiger partial charge in [-0.2, -0.15) is 4.98 Å². The highest BCUT2D eigenvalue weighted by Crippen LogP contribution is 2.35. The number of ether oxygens (including phenoxy) is 2. The minimum absolute atomic E-state index is 0.00692. The van der Waals surface area contributed by atoms with E-state index < -0.39 is 36.9 Å². The number of anilines is 2. The Hall–Kier alpha value is -3.28. The molecule has 0 amide bonds. The molecule has 12 heteroatoms. The topological polar surface area (TPSA) is 72.4 Å². The first kappa shape index (κ1) is 24.8. The molecule has 1 aromatic carbocycles. The van der Waals surface area contributed by atoms with Gasteiger partial charge in [0.15, 0.2) is 12.3 Å². The average molecular weight is 497 g/mol. The van der Waals surface area contributed by atoms with E-state index in [4.69, 9.17) is 9.47 Å². The molecule has 0 bridgehead atoms. The fourth-order valence-corrected chi connectivity index (χ4v) is 3.88. The molecule has 0 spiro atoms. The summed E-state index contributed by atoms with van der Waals surface area (Å²) in [7, 11) is 0. The van der Waals surface area contributed by atoms with Gasteiger partial charge in [0.1, 0.15) is 23.1 Å².